The lowest BCUT2D eigenvalue weighted by Crippen LogP contribution is -1.59. The van der Waals surface area contributed by atoms with Gasteiger partial charge in [0, 0.05) is 6.92 Å². The zero-order valence-corrected chi connectivity index (χ0v) is 5.44. The first-order valence-electron chi connectivity index (χ1n) is 1.75. The number of aryl methyl sites for hydroxylation is 1. The first-order valence-corrected chi connectivity index (χ1v) is 1.75. The fraction of sp³-hybridized carbons (Fsp3) is 0.250. The highest BCUT2D eigenvalue weighted by Crippen LogP contribution is 1.86. The maximum absolute atomic E-state index is 4.72. The Bertz CT molecular complexity index is 118. The molecule has 4 heteroatoms. The normalized spacial score (nSPS) is 6.62. The van der Waals surface area contributed by atoms with Crippen LogP contribution in [-0.2, 0) is 0 Å². The van der Waals surface area contributed by atoms with Gasteiger partial charge in [0.1, 0.15) is 6.26 Å². The molecule has 48 valence electrons. The summed E-state index contributed by atoms with van der Waals surface area (Å²) in [4.78, 5) is 3.75. The monoisotopic (exact) mass is 136 g/mol. The van der Waals surface area contributed by atoms with E-state index < -0.39 is 0 Å². The zero-order valence-electron chi connectivity index (χ0n) is 4.63. The second-order valence-electron chi connectivity index (χ2n) is 1.05. The van der Waals surface area contributed by atoms with Gasteiger partial charge in [-0.15, -0.1) is 12.4 Å². The van der Waals surface area contributed by atoms with Gasteiger partial charge in [0.25, 0.3) is 0 Å². The van der Waals surface area contributed by atoms with Gasteiger partial charge in [-0.3, -0.25) is 0 Å². The van der Waals surface area contributed by atoms with E-state index in [1.54, 1.807) is 19.4 Å². The highest BCUT2D eigenvalue weighted by atomic mass is 35.5. The predicted octanol–water partition coefficient (Wildman–Crippen LogP) is 1.57. The van der Waals surface area contributed by atoms with Gasteiger partial charge in [-0.05, 0) is 0 Å². The lowest BCUT2D eigenvalue weighted by atomic mass is 10.8. The minimum atomic E-state index is 0. The maximum Gasteiger partial charge on any atom is 0.190 e. The molecule has 0 amide bonds. The minimum Gasteiger partial charge on any atom is -0.449 e. The van der Waals surface area contributed by atoms with Gasteiger partial charge >= 0.3 is 0 Å². The van der Waals surface area contributed by atoms with Gasteiger partial charge in [-0.2, -0.15) is 0 Å². The van der Waals surface area contributed by atoms with Crippen molar-refractivity contribution in [3.8, 4) is 0 Å². The van der Waals surface area contributed by atoms with Crippen molar-refractivity contribution >= 4 is 12.4 Å². The number of hydrogen-bond donors (Lipinski definition) is 1. The Morgan fingerprint density at radius 1 is 1.62 bits per heavy atom. The fourth-order valence-corrected chi connectivity index (χ4v) is 0.295. The Balaban J connectivity index is 0. The van der Waals surface area contributed by atoms with E-state index in [1.165, 1.54) is 0 Å². The van der Waals surface area contributed by atoms with Gasteiger partial charge in [0.15, 0.2) is 5.89 Å². The van der Waals surface area contributed by atoms with E-state index in [1.807, 2.05) is 0 Å². The lowest BCUT2D eigenvalue weighted by molar-refractivity contribution is 0.521. The Labute approximate surface area is 54.1 Å². The summed E-state index contributed by atoms with van der Waals surface area (Å²) in [6.07, 6.45) is 3.17. The van der Waals surface area contributed by atoms with Crippen molar-refractivity contribution in [2.24, 2.45) is 0 Å². The van der Waals surface area contributed by atoms with Gasteiger partial charge in [-0.1, -0.05) is 0 Å². The molecular weight excluding hydrogens is 128 g/mol. The lowest BCUT2D eigenvalue weighted by Gasteiger charge is -1.67. The van der Waals surface area contributed by atoms with E-state index in [9.17, 15) is 0 Å². The molecule has 3 nitrogen and oxygen atoms in total. The topological polar surface area (TPSA) is 61.0 Å². The Morgan fingerprint density at radius 2 is 2.25 bits per heavy atom. The molecule has 0 aliphatic rings. The van der Waals surface area contributed by atoms with E-state index in [0.717, 1.165) is 5.89 Å². The summed E-state index contributed by atoms with van der Waals surface area (Å²) < 4.78 is 4.72. The largest absolute Gasteiger partial charge is 0.449 e. The summed E-state index contributed by atoms with van der Waals surface area (Å²) in [5.74, 6) is 0.718. The van der Waals surface area contributed by atoms with Crippen molar-refractivity contribution in [1.82, 2.24) is 11.1 Å². The third-order valence-electron chi connectivity index (χ3n) is 0.556. The van der Waals surface area contributed by atoms with Crippen molar-refractivity contribution < 1.29 is 4.42 Å². The molecule has 0 atom stereocenters. The van der Waals surface area contributed by atoms with Crippen LogP contribution in [0.4, 0.5) is 0 Å². The van der Waals surface area contributed by atoms with Crippen LogP contribution in [0.5, 0.6) is 0 Å². The second kappa shape index (κ2) is 4.61. The Kier molecular flexibility index (Phi) is 6.02. The predicted molar refractivity (Wildman–Crippen MR) is 33.5 cm³/mol. The standard InChI is InChI=1S/C4H5NO.ClH.H3N/c1-4-5-2-3-6-4;;/h2-3H,1H3;1H;1H3. The van der Waals surface area contributed by atoms with Crippen molar-refractivity contribution in [2.75, 3.05) is 0 Å². The molecule has 0 fully saturated rings. The number of aromatic nitrogens is 1. The maximum atomic E-state index is 4.72. The number of halogens is 1. The van der Waals surface area contributed by atoms with Crippen LogP contribution in [0.25, 0.3) is 0 Å². The van der Waals surface area contributed by atoms with E-state index in [0.29, 0.717) is 0 Å². The summed E-state index contributed by atoms with van der Waals surface area (Å²) >= 11 is 0. The highest BCUT2D eigenvalue weighted by Gasteiger charge is 1.77. The van der Waals surface area contributed by atoms with E-state index in [-0.39, 0.29) is 18.6 Å². The molecule has 0 aliphatic heterocycles. The van der Waals surface area contributed by atoms with Gasteiger partial charge in [0.05, 0.1) is 6.20 Å². The van der Waals surface area contributed by atoms with Gasteiger partial charge < -0.3 is 10.6 Å². The molecule has 0 radical (unpaired) electrons. The molecule has 1 aromatic heterocycles. The molecule has 0 spiro atoms. The van der Waals surface area contributed by atoms with Crippen molar-refractivity contribution in [3.63, 3.8) is 0 Å². The molecule has 3 N–H and O–H groups in total. The van der Waals surface area contributed by atoms with E-state index in [2.05, 4.69) is 4.98 Å². The Morgan fingerprint density at radius 3 is 2.38 bits per heavy atom. The Hall–Kier alpha value is -0.540. The minimum absolute atomic E-state index is 0. The van der Waals surface area contributed by atoms with Crippen LogP contribution < -0.4 is 6.15 Å². The third kappa shape index (κ3) is 2.60. The van der Waals surface area contributed by atoms with E-state index >= 15 is 0 Å². The number of hydrogen-bond acceptors (Lipinski definition) is 3. The van der Waals surface area contributed by atoms with E-state index in [4.69, 9.17) is 4.42 Å². The zero-order chi connectivity index (χ0) is 4.41. The van der Waals surface area contributed by atoms with Crippen LogP contribution in [0.2, 0.25) is 0 Å². The average Bonchev–Trinajstić information content (AvgIpc) is 1.86. The summed E-state index contributed by atoms with van der Waals surface area (Å²) in [5.41, 5.74) is 0. The van der Waals surface area contributed by atoms with Crippen LogP contribution in [0.1, 0.15) is 5.89 Å². The van der Waals surface area contributed by atoms with Gasteiger partial charge in [0.2, 0.25) is 0 Å². The summed E-state index contributed by atoms with van der Waals surface area (Å²) in [6.45, 7) is 1.81. The smallest absolute Gasteiger partial charge is 0.190 e. The van der Waals surface area contributed by atoms with Crippen molar-refractivity contribution in [1.29, 1.82) is 0 Å². The first kappa shape index (κ1) is 10.4. The van der Waals surface area contributed by atoms with Crippen LogP contribution in [0, 0.1) is 6.92 Å². The van der Waals surface area contributed by atoms with Crippen molar-refractivity contribution in [2.45, 2.75) is 6.92 Å². The number of oxazole rings is 1. The number of rotatable bonds is 0. The third-order valence-corrected chi connectivity index (χ3v) is 0.556. The molecule has 0 aromatic carbocycles. The molecule has 0 saturated heterocycles. The fourth-order valence-electron chi connectivity index (χ4n) is 0.295. The molecule has 0 saturated carbocycles. The average molecular weight is 137 g/mol. The molecule has 0 unspecified atom stereocenters. The molecule has 0 aliphatic carbocycles. The summed E-state index contributed by atoms with van der Waals surface area (Å²) in [7, 11) is 0. The number of nitrogens with zero attached hydrogens (tertiary/aromatic N) is 1. The molecule has 0 bridgehead atoms. The van der Waals surface area contributed by atoms with Crippen LogP contribution in [-0.4, -0.2) is 4.98 Å². The quantitative estimate of drug-likeness (QED) is 0.589. The summed E-state index contributed by atoms with van der Waals surface area (Å²) in [6, 6.07) is 0. The molecule has 1 heterocycles. The first-order chi connectivity index (χ1) is 2.89. The van der Waals surface area contributed by atoms with Crippen molar-refractivity contribution in [3.05, 3.63) is 18.4 Å². The van der Waals surface area contributed by atoms with Gasteiger partial charge in [-0.25, -0.2) is 4.98 Å². The second-order valence-corrected chi connectivity index (χ2v) is 1.05. The molecular formula is C4H9ClN2O. The summed E-state index contributed by atoms with van der Waals surface area (Å²) in [5, 5.41) is 0. The molecule has 8 heavy (non-hydrogen) atoms. The highest BCUT2D eigenvalue weighted by molar-refractivity contribution is 5.85. The van der Waals surface area contributed by atoms with Crippen LogP contribution in [0.15, 0.2) is 16.9 Å². The molecule has 1 aromatic rings. The molecule has 1 rings (SSSR count). The SMILES string of the molecule is Cc1ncco1.Cl.N. The van der Waals surface area contributed by atoms with Crippen LogP contribution in [0.3, 0.4) is 0 Å². The van der Waals surface area contributed by atoms with Crippen LogP contribution >= 0.6 is 12.4 Å².